The lowest BCUT2D eigenvalue weighted by Gasteiger charge is -2.59. The molecule has 1 aromatic carbocycles. The van der Waals surface area contributed by atoms with Crippen LogP contribution in [-0.2, 0) is 55.8 Å². The van der Waals surface area contributed by atoms with Gasteiger partial charge in [-0.1, -0.05) is 33.5 Å². The smallest absolute Gasteiger partial charge is 0.407 e. The first kappa shape index (κ1) is 55.9. The Bertz CT molecular complexity index is 2560. The third-order valence-electron chi connectivity index (χ3n) is 16.5. The maximum atomic E-state index is 15.1. The highest BCUT2D eigenvalue weighted by molar-refractivity contribution is 6.76. The van der Waals surface area contributed by atoms with Crippen LogP contribution in [0.4, 0.5) is 16.2 Å². The number of methoxy groups -OCH3 is 2. The van der Waals surface area contributed by atoms with Crippen molar-refractivity contribution >= 4 is 54.3 Å². The Morgan fingerprint density at radius 2 is 1.71 bits per heavy atom. The van der Waals surface area contributed by atoms with Gasteiger partial charge in [-0.3, -0.25) is 34.2 Å². The molecule has 0 radical (unpaired) electrons. The van der Waals surface area contributed by atoms with Crippen molar-refractivity contribution in [2.45, 2.75) is 135 Å². The Morgan fingerprint density at radius 3 is 2.36 bits per heavy atom. The van der Waals surface area contributed by atoms with Gasteiger partial charge < -0.3 is 48.1 Å². The Hall–Kier alpha value is -4.83. The van der Waals surface area contributed by atoms with E-state index < -0.39 is 49.8 Å². The van der Waals surface area contributed by atoms with Gasteiger partial charge in [0.15, 0.2) is 0 Å². The number of alkyl carbamates (subject to hydrolysis) is 1. The molecule has 6 aliphatic rings. The maximum Gasteiger partial charge on any atom is 0.407 e. The number of fused-ring (bicyclic) bond motifs is 1. The summed E-state index contributed by atoms with van der Waals surface area (Å²) in [5.74, 6) is -1.14. The summed E-state index contributed by atoms with van der Waals surface area (Å²) in [5.41, 5.74) is 9.94. The van der Waals surface area contributed by atoms with Crippen LogP contribution in [0.15, 0.2) is 30.5 Å². The molecule has 76 heavy (non-hydrogen) atoms. The van der Waals surface area contributed by atoms with Crippen molar-refractivity contribution in [1.82, 2.24) is 35.1 Å². The van der Waals surface area contributed by atoms with Crippen LogP contribution in [0.2, 0.25) is 25.7 Å². The lowest BCUT2D eigenvalue weighted by atomic mass is 9.75. The molecule has 3 aromatic rings. The summed E-state index contributed by atoms with van der Waals surface area (Å²) in [6.07, 6.45) is 4.82. The van der Waals surface area contributed by atoms with Crippen molar-refractivity contribution < 1.29 is 47.6 Å². The average molecular weight is 1070 g/mol. The average Bonchev–Trinajstić information content (AvgIpc) is 4.24. The second-order valence-electron chi connectivity index (χ2n) is 24.3. The highest BCUT2D eigenvalue weighted by Crippen LogP contribution is 2.44. The number of ether oxygens (including phenoxy) is 6. The molecular formula is C56H85N9O10Si. The lowest BCUT2D eigenvalue weighted by molar-refractivity contribution is -0.212. The number of esters is 2. The molecule has 19 nitrogen and oxygen atoms in total. The minimum Gasteiger partial charge on any atom is -0.468 e. The van der Waals surface area contributed by atoms with E-state index in [-0.39, 0.29) is 36.6 Å². The fourth-order valence-electron chi connectivity index (χ4n) is 12.0. The standard InChI is InChI=1S/C56H85N9O10Si/c1-11-64-46-17-16-40(27-42(46)44(29-55(4,5)34-75-38(3)66)50(64)43-28-41(30-57-48(43)37(2)70-6)61-21-19-60(20-22-61)39-14-15-39)62-23-24-73-47(31-62)51(63-32-56(33-63)35-72-36-56)49(58-54(69)74-25-26-76(8,9)10)52(67)65-18-12-13-45(59-65)53(68)71-7/h16-17,27-28,30,37,39,45,47,49,51,59H,11-15,18-26,29,31-36H2,1-10H3,(H,58,69)/t37-,45-,47+,49-,51+/m0/s1. The molecule has 0 bridgehead atoms. The second kappa shape index (κ2) is 23.2. The van der Waals surface area contributed by atoms with Gasteiger partial charge in [-0.05, 0) is 81.8 Å². The van der Waals surface area contributed by atoms with E-state index in [1.807, 2.05) is 6.20 Å². The molecule has 418 valence electrons. The number of piperazine rings is 1. The number of pyridine rings is 1. The van der Waals surface area contributed by atoms with Crippen molar-refractivity contribution in [1.29, 1.82) is 0 Å². The molecule has 2 aromatic heterocycles. The number of hydrogen-bond donors (Lipinski definition) is 2. The van der Waals surface area contributed by atoms with E-state index in [0.717, 1.165) is 83.1 Å². The van der Waals surface area contributed by atoms with Gasteiger partial charge in [0.2, 0.25) is 0 Å². The number of benzene rings is 1. The highest BCUT2D eigenvalue weighted by atomic mass is 28.3. The zero-order chi connectivity index (χ0) is 54.1. The minimum absolute atomic E-state index is 0.0206. The quantitative estimate of drug-likeness (QED) is 0.0780. The monoisotopic (exact) mass is 1070 g/mol. The molecule has 5 saturated heterocycles. The SMILES string of the molecule is CCn1c(-c2cc(N3CCN(C4CC4)CC3)cnc2[C@H](C)OC)c(CC(C)(C)COC(C)=O)c2cc(N3CCO[C@@H]([C@H]([C@H](NC(=O)OCC[Si](C)(C)C)C(=O)N4CCC[C@@H](C(=O)OC)N4)N4CC5(COC5)C4)C3)ccc21. The molecule has 5 atom stereocenters. The first-order valence-electron chi connectivity index (χ1n) is 27.9. The Labute approximate surface area is 450 Å². The zero-order valence-corrected chi connectivity index (χ0v) is 47.9. The van der Waals surface area contributed by atoms with E-state index in [9.17, 15) is 14.4 Å². The Balaban J connectivity index is 1.09. The van der Waals surface area contributed by atoms with E-state index in [4.69, 9.17) is 33.4 Å². The van der Waals surface area contributed by atoms with Crippen molar-refractivity contribution in [2.24, 2.45) is 10.8 Å². The summed E-state index contributed by atoms with van der Waals surface area (Å²) in [7, 11) is 1.53. The third kappa shape index (κ3) is 12.5. The zero-order valence-electron chi connectivity index (χ0n) is 46.9. The van der Waals surface area contributed by atoms with E-state index in [1.165, 1.54) is 31.9 Å². The van der Waals surface area contributed by atoms with Gasteiger partial charge in [-0.2, -0.15) is 0 Å². The van der Waals surface area contributed by atoms with Crippen LogP contribution in [0.3, 0.4) is 0 Å². The van der Waals surface area contributed by atoms with Crippen molar-refractivity contribution in [2.75, 3.05) is 116 Å². The number of hydrogen-bond acceptors (Lipinski definition) is 16. The summed E-state index contributed by atoms with van der Waals surface area (Å²) >= 11 is 0. The number of aryl methyl sites for hydroxylation is 1. The first-order valence-corrected chi connectivity index (χ1v) is 31.6. The molecule has 1 aliphatic carbocycles. The molecule has 20 heteroatoms. The predicted molar refractivity (Wildman–Crippen MR) is 294 cm³/mol. The number of amides is 2. The number of carbonyl (C=O) groups excluding carboxylic acids is 4. The fourth-order valence-corrected chi connectivity index (χ4v) is 12.7. The maximum absolute atomic E-state index is 15.1. The highest BCUT2D eigenvalue weighted by Gasteiger charge is 2.56. The molecule has 1 saturated carbocycles. The van der Waals surface area contributed by atoms with Crippen LogP contribution < -0.4 is 20.5 Å². The number of anilines is 2. The van der Waals surface area contributed by atoms with Crippen molar-refractivity contribution in [3.63, 3.8) is 0 Å². The number of likely N-dealkylation sites (tertiary alicyclic amines) is 1. The van der Waals surface area contributed by atoms with Crippen LogP contribution in [-0.4, -0.2) is 193 Å². The Morgan fingerprint density at radius 1 is 0.961 bits per heavy atom. The van der Waals surface area contributed by atoms with E-state index >= 15 is 4.79 Å². The molecule has 6 fully saturated rings. The van der Waals surface area contributed by atoms with Crippen LogP contribution >= 0.6 is 0 Å². The summed E-state index contributed by atoms with van der Waals surface area (Å²) in [6, 6.07) is 8.13. The normalized spacial score (nSPS) is 22.6. The summed E-state index contributed by atoms with van der Waals surface area (Å²) in [6.45, 7) is 26.2. The van der Waals surface area contributed by atoms with Crippen LogP contribution in [0, 0.1) is 10.8 Å². The molecule has 7 heterocycles. The van der Waals surface area contributed by atoms with Gasteiger partial charge in [-0.25, -0.2) is 10.2 Å². The number of morpholine rings is 1. The third-order valence-corrected chi connectivity index (χ3v) is 18.2. The Kier molecular flexibility index (Phi) is 17.1. The van der Waals surface area contributed by atoms with Gasteiger partial charge in [0.25, 0.3) is 5.91 Å². The fraction of sp³-hybridized carbons (Fsp3) is 0.696. The lowest BCUT2D eigenvalue weighted by Crippen LogP contribution is -2.75. The largest absolute Gasteiger partial charge is 0.468 e. The van der Waals surface area contributed by atoms with Crippen molar-refractivity contribution in [3.05, 3.63) is 41.7 Å². The van der Waals surface area contributed by atoms with Gasteiger partial charge >= 0.3 is 18.0 Å². The number of hydrazine groups is 1. The molecule has 2 amide bonds. The number of rotatable bonds is 20. The molecule has 1 spiro atoms. The summed E-state index contributed by atoms with van der Waals surface area (Å²) in [5, 5.41) is 5.62. The van der Waals surface area contributed by atoms with E-state index in [0.29, 0.717) is 78.4 Å². The number of nitrogens with zero attached hydrogens (tertiary/aromatic N) is 7. The molecule has 9 rings (SSSR count). The predicted octanol–water partition coefficient (Wildman–Crippen LogP) is 5.85. The summed E-state index contributed by atoms with van der Waals surface area (Å²) in [4.78, 5) is 69.0. The number of carbonyl (C=O) groups is 4. The van der Waals surface area contributed by atoms with Gasteiger partial charge in [0.1, 0.15) is 12.1 Å². The van der Waals surface area contributed by atoms with Gasteiger partial charge in [0, 0.05) is 127 Å². The minimum atomic E-state index is -1.55. The van der Waals surface area contributed by atoms with Crippen molar-refractivity contribution in [3.8, 4) is 11.3 Å². The van der Waals surface area contributed by atoms with Crippen LogP contribution in [0.5, 0.6) is 0 Å². The van der Waals surface area contributed by atoms with E-state index in [1.54, 1.807) is 7.11 Å². The van der Waals surface area contributed by atoms with Gasteiger partial charge in [-0.15, -0.1) is 0 Å². The second-order valence-corrected chi connectivity index (χ2v) is 29.9. The molecule has 0 unspecified atom stereocenters. The molecule has 2 N–H and O–H groups in total. The van der Waals surface area contributed by atoms with Crippen LogP contribution in [0.25, 0.3) is 22.2 Å². The topological polar surface area (TPSA) is 182 Å². The first-order chi connectivity index (χ1) is 36.3. The number of nitrogens with one attached hydrogen (secondary N) is 2. The molecular weight excluding hydrogens is 987 g/mol. The summed E-state index contributed by atoms with van der Waals surface area (Å²) < 4.78 is 37.6. The molecule has 5 aliphatic heterocycles. The van der Waals surface area contributed by atoms with E-state index in [2.05, 4.69) is 107 Å². The number of aromatic nitrogens is 2. The van der Waals surface area contributed by atoms with Crippen LogP contribution in [0.1, 0.15) is 77.7 Å². The van der Waals surface area contributed by atoms with Gasteiger partial charge in [0.05, 0.1) is 81.7 Å².